The van der Waals surface area contributed by atoms with Crippen LogP contribution in [0.3, 0.4) is 0 Å². The number of nitrogen functional groups attached to an aromatic ring is 1. The number of hydrogen-bond acceptors (Lipinski definition) is 4. The minimum absolute atomic E-state index is 0.0821. The Morgan fingerprint density at radius 3 is 2.82 bits per heavy atom. The van der Waals surface area contributed by atoms with Crippen LogP contribution in [0.15, 0.2) is 29.6 Å². The summed E-state index contributed by atoms with van der Waals surface area (Å²) in [5.41, 5.74) is 8.61. The number of aromatic nitrogens is 1. The molecule has 0 saturated heterocycles. The standard InChI is InChI=1S/C13H16N2OS/c1-3-12(16-2)13-15-11(8-17-13)9-6-4-5-7-10(9)14/h4-8,12H,3,14H2,1-2H3. The van der Waals surface area contributed by atoms with E-state index in [0.717, 1.165) is 28.4 Å². The van der Waals surface area contributed by atoms with Crippen LogP contribution in [0.25, 0.3) is 11.3 Å². The maximum atomic E-state index is 5.94. The number of hydrogen-bond donors (Lipinski definition) is 1. The number of nitrogens with two attached hydrogens (primary N) is 1. The van der Waals surface area contributed by atoms with Gasteiger partial charge in [-0.05, 0) is 12.5 Å². The minimum atomic E-state index is 0.0821. The first-order valence-corrected chi connectivity index (χ1v) is 6.47. The van der Waals surface area contributed by atoms with Crippen LogP contribution >= 0.6 is 11.3 Å². The van der Waals surface area contributed by atoms with Crippen LogP contribution in [0.5, 0.6) is 0 Å². The van der Waals surface area contributed by atoms with Gasteiger partial charge in [-0.25, -0.2) is 4.98 Å². The number of nitrogens with zero attached hydrogens (tertiary/aromatic N) is 1. The van der Waals surface area contributed by atoms with E-state index in [0.29, 0.717) is 0 Å². The van der Waals surface area contributed by atoms with Crippen molar-refractivity contribution in [2.45, 2.75) is 19.4 Å². The van der Waals surface area contributed by atoms with Gasteiger partial charge in [0.05, 0.1) is 5.69 Å². The molecule has 0 radical (unpaired) electrons. The molecule has 4 heteroatoms. The van der Waals surface area contributed by atoms with Gasteiger partial charge in [-0.15, -0.1) is 11.3 Å². The second-order valence-corrected chi connectivity index (χ2v) is 4.68. The Kier molecular flexibility index (Phi) is 3.76. The van der Waals surface area contributed by atoms with Gasteiger partial charge in [0.15, 0.2) is 0 Å². The molecule has 0 saturated carbocycles. The molecule has 1 aromatic heterocycles. The zero-order valence-corrected chi connectivity index (χ0v) is 10.8. The second kappa shape index (κ2) is 5.29. The number of rotatable bonds is 4. The number of thiazole rings is 1. The number of anilines is 1. The summed E-state index contributed by atoms with van der Waals surface area (Å²) in [6, 6.07) is 7.78. The molecule has 3 nitrogen and oxygen atoms in total. The molecule has 2 N–H and O–H groups in total. The first kappa shape index (κ1) is 12.1. The fourth-order valence-electron chi connectivity index (χ4n) is 1.73. The van der Waals surface area contributed by atoms with Gasteiger partial charge in [-0.1, -0.05) is 25.1 Å². The fourth-order valence-corrected chi connectivity index (χ4v) is 2.71. The van der Waals surface area contributed by atoms with Crippen molar-refractivity contribution in [3.63, 3.8) is 0 Å². The van der Waals surface area contributed by atoms with E-state index in [9.17, 15) is 0 Å². The Morgan fingerprint density at radius 2 is 2.18 bits per heavy atom. The van der Waals surface area contributed by atoms with Gasteiger partial charge in [0, 0.05) is 23.7 Å². The maximum absolute atomic E-state index is 5.94. The SMILES string of the molecule is CCC(OC)c1nc(-c2ccccc2N)cs1. The third-order valence-electron chi connectivity index (χ3n) is 2.69. The molecule has 0 bridgehead atoms. The van der Waals surface area contributed by atoms with Crippen molar-refractivity contribution in [3.8, 4) is 11.3 Å². The quantitative estimate of drug-likeness (QED) is 0.842. The highest BCUT2D eigenvalue weighted by atomic mass is 32.1. The van der Waals surface area contributed by atoms with Crippen molar-refractivity contribution in [1.29, 1.82) is 0 Å². The van der Waals surface area contributed by atoms with E-state index in [-0.39, 0.29) is 6.10 Å². The number of ether oxygens (including phenoxy) is 1. The predicted octanol–water partition coefficient (Wildman–Crippen LogP) is 3.49. The van der Waals surface area contributed by atoms with Gasteiger partial charge in [0.2, 0.25) is 0 Å². The zero-order valence-electron chi connectivity index (χ0n) is 10.0. The molecule has 1 heterocycles. The van der Waals surface area contributed by atoms with Gasteiger partial charge in [-0.2, -0.15) is 0 Å². The van der Waals surface area contributed by atoms with Gasteiger partial charge in [0.1, 0.15) is 11.1 Å². The monoisotopic (exact) mass is 248 g/mol. The summed E-state index contributed by atoms with van der Waals surface area (Å²) in [6.07, 6.45) is 1.01. The third-order valence-corrected chi connectivity index (χ3v) is 3.63. The largest absolute Gasteiger partial charge is 0.398 e. The van der Waals surface area contributed by atoms with Crippen LogP contribution in [0.2, 0.25) is 0 Å². The molecule has 2 aromatic rings. The number of methoxy groups -OCH3 is 1. The van der Waals surface area contributed by atoms with Crippen molar-refractivity contribution in [2.75, 3.05) is 12.8 Å². The summed E-state index contributed by atoms with van der Waals surface area (Å²) in [6.45, 7) is 2.09. The number of para-hydroxylation sites is 1. The van der Waals surface area contributed by atoms with E-state index in [1.807, 2.05) is 29.6 Å². The molecule has 0 amide bonds. The molecule has 0 aliphatic heterocycles. The lowest BCUT2D eigenvalue weighted by molar-refractivity contribution is 0.0998. The van der Waals surface area contributed by atoms with Gasteiger partial charge in [0.25, 0.3) is 0 Å². The molecule has 0 aliphatic rings. The predicted molar refractivity (Wildman–Crippen MR) is 72.0 cm³/mol. The summed E-state index contributed by atoms with van der Waals surface area (Å²) in [4.78, 5) is 4.60. The first-order chi connectivity index (χ1) is 8.26. The summed E-state index contributed by atoms with van der Waals surface area (Å²) < 4.78 is 5.38. The van der Waals surface area contributed by atoms with Crippen molar-refractivity contribution in [2.24, 2.45) is 0 Å². The van der Waals surface area contributed by atoms with Crippen molar-refractivity contribution >= 4 is 17.0 Å². The van der Waals surface area contributed by atoms with E-state index in [1.165, 1.54) is 0 Å². The van der Waals surface area contributed by atoms with Crippen molar-refractivity contribution in [1.82, 2.24) is 4.98 Å². The van der Waals surface area contributed by atoms with Gasteiger partial charge < -0.3 is 10.5 Å². The molecule has 17 heavy (non-hydrogen) atoms. The van der Waals surface area contributed by atoms with Crippen LogP contribution in [0.1, 0.15) is 24.5 Å². The molecule has 2 rings (SSSR count). The van der Waals surface area contributed by atoms with Crippen molar-refractivity contribution in [3.05, 3.63) is 34.7 Å². The zero-order chi connectivity index (χ0) is 12.3. The van der Waals surface area contributed by atoms with E-state index >= 15 is 0 Å². The van der Waals surface area contributed by atoms with E-state index < -0.39 is 0 Å². The normalized spacial score (nSPS) is 12.6. The van der Waals surface area contributed by atoms with Crippen LogP contribution in [0, 0.1) is 0 Å². The molecular formula is C13H16N2OS. The Bertz CT molecular complexity index is 492. The Labute approximate surface area is 105 Å². The average Bonchev–Trinajstić information content (AvgIpc) is 2.81. The minimum Gasteiger partial charge on any atom is -0.398 e. The molecule has 0 aliphatic carbocycles. The average molecular weight is 248 g/mol. The maximum Gasteiger partial charge on any atom is 0.122 e. The highest BCUT2D eigenvalue weighted by Gasteiger charge is 2.14. The van der Waals surface area contributed by atoms with Crippen LogP contribution in [-0.2, 0) is 4.74 Å². The van der Waals surface area contributed by atoms with Crippen LogP contribution in [0.4, 0.5) is 5.69 Å². The number of benzene rings is 1. The summed E-state index contributed by atoms with van der Waals surface area (Å²) in [5, 5.41) is 3.04. The lowest BCUT2D eigenvalue weighted by Crippen LogP contribution is -1.99. The summed E-state index contributed by atoms with van der Waals surface area (Å²) >= 11 is 1.62. The lowest BCUT2D eigenvalue weighted by Gasteiger charge is -2.08. The third kappa shape index (κ3) is 2.48. The smallest absolute Gasteiger partial charge is 0.122 e. The fraction of sp³-hybridized carbons (Fsp3) is 0.308. The molecular weight excluding hydrogens is 232 g/mol. The highest BCUT2D eigenvalue weighted by molar-refractivity contribution is 7.10. The van der Waals surface area contributed by atoms with Gasteiger partial charge >= 0.3 is 0 Å². The van der Waals surface area contributed by atoms with E-state index in [2.05, 4.69) is 11.9 Å². The Hall–Kier alpha value is -1.39. The first-order valence-electron chi connectivity index (χ1n) is 5.59. The molecule has 0 fully saturated rings. The van der Waals surface area contributed by atoms with E-state index in [1.54, 1.807) is 18.4 Å². The van der Waals surface area contributed by atoms with Gasteiger partial charge in [-0.3, -0.25) is 0 Å². The van der Waals surface area contributed by atoms with Crippen molar-refractivity contribution < 1.29 is 4.74 Å². The Morgan fingerprint density at radius 1 is 1.41 bits per heavy atom. The molecule has 1 atom stereocenters. The summed E-state index contributed by atoms with van der Waals surface area (Å²) in [5.74, 6) is 0. The lowest BCUT2D eigenvalue weighted by atomic mass is 10.1. The second-order valence-electron chi connectivity index (χ2n) is 3.79. The van der Waals surface area contributed by atoms with Crippen LogP contribution in [-0.4, -0.2) is 12.1 Å². The van der Waals surface area contributed by atoms with Crippen LogP contribution < -0.4 is 5.73 Å². The molecule has 90 valence electrons. The summed E-state index contributed by atoms with van der Waals surface area (Å²) in [7, 11) is 1.71. The molecule has 1 unspecified atom stereocenters. The Balaban J connectivity index is 2.33. The van der Waals surface area contributed by atoms with E-state index in [4.69, 9.17) is 10.5 Å². The topological polar surface area (TPSA) is 48.1 Å². The molecule has 0 spiro atoms. The highest BCUT2D eigenvalue weighted by Crippen LogP contribution is 2.30. The molecule has 1 aromatic carbocycles.